The maximum Gasteiger partial charge on any atom is 0.243 e. The van der Waals surface area contributed by atoms with E-state index < -0.39 is 15.4 Å². The summed E-state index contributed by atoms with van der Waals surface area (Å²) in [4.78, 5) is 12.2. The number of anilines is 1. The Bertz CT molecular complexity index is 692. The first kappa shape index (κ1) is 14.9. The van der Waals surface area contributed by atoms with Gasteiger partial charge < -0.3 is 5.32 Å². The standard InChI is InChI=1S/C14H18N2O3S2/c1-14(2)11-9-10(3-4-12(11)15-13(14)17)21(18,19)16-5-7-20-8-6-16/h3-4,9H,5-8H2,1-2H3,(H,15,17). The highest BCUT2D eigenvalue weighted by Crippen LogP contribution is 2.38. The second-order valence-corrected chi connectivity index (χ2v) is 8.97. The average Bonchev–Trinajstić information content (AvgIpc) is 2.70. The van der Waals surface area contributed by atoms with Crippen LogP contribution in [0, 0.1) is 0 Å². The maximum atomic E-state index is 12.7. The fourth-order valence-corrected chi connectivity index (χ4v) is 5.25. The Morgan fingerprint density at radius 2 is 1.90 bits per heavy atom. The molecule has 1 amide bonds. The lowest BCUT2D eigenvalue weighted by molar-refractivity contribution is -0.119. The summed E-state index contributed by atoms with van der Waals surface area (Å²) >= 11 is 1.77. The van der Waals surface area contributed by atoms with Crippen molar-refractivity contribution in [2.24, 2.45) is 0 Å². The van der Waals surface area contributed by atoms with Crippen LogP contribution in [0.3, 0.4) is 0 Å². The molecule has 114 valence electrons. The molecule has 0 radical (unpaired) electrons. The van der Waals surface area contributed by atoms with E-state index in [0.717, 1.165) is 17.1 Å². The summed E-state index contributed by atoms with van der Waals surface area (Å²) in [6.07, 6.45) is 0. The SMILES string of the molecule is CC1(C)C(=O)Nc2ccc(S(=O)(=O)N3CCSCC3)cc21. The van der Waals surface area contributed by atoms with Crippen molar-refractivity contribution in [3.8, 4) is 0 Å². The predicted octanol–water partition coefficient (Wildman–Crippen LogP) is 1.65. The normalized spacial score (nSPS) is 21.9. The first-order chi connectivity index (χ1) is 9.83. The van der Waals surface area contributed by atoms with Crippen LogP contribution in [-0.4, -0.2) is 43.2 Å². The van der Waals surface area contributed by atoms with Crippen molar-refractivity contribution in [1.29, 1.82) is 0 Å². The van der Waals surface area contributed by atoms with Crippen LogP contribution in [0.2, 0.25) is 0 Å². The number of hydrogen-bond donors (Lipinski definition) is 1. The zero-order valence-corrected chi connectivity index (χ0v) is 13.7. The minimum Gasteiger partial charge on any atom is -0.325 e. The quantitative estimate of drug-likeness (QED) is 0.897. The van der Waals surface area contributed by atoms with Crippen LogP contribution < -0.4 is 5.32 Å². The average molecular weight is 326 g/mol. The molecule has 1 aromatic rings. The van der Waals surface area contributed by atoms with Crippen molar-refractivity contribution in [3.05, 3.63) is 23.8 Å². The second-order valence-electron chi connectivity index (χ2n) is 5.80. The second kappa shape index (κ2) is 5.00. The smallest absolute Gasteiger partial charge is 0.243 e. The third kappa shape index (κ3) is 2.37. The number of nitrogens with zero attached hydrogens (tertiary/aromatic N) is 1. The van der Waals surface area contributed by atoms with Crippen LogP contribution in [0.25, 0.3) is 0 Å². The molecule has 0 spiro atoms. The topological polar surface area (TPSA) is 66.5 Å². The minimum absolute atomic E-state index is 0.0959. The Morgan fingerprint density at radius 1 is 1.24 bits per heavy atom. The third-order valence-electron chi connectivity index (χ3n) is 4.09. The molecule has 2 aliphatic rings. The number of carbonyl (C=O) groups is 1. The maximum absolute atomic E-state index is 12.7. The number of sulfonamides is 1. The minimum atomic E-state index is -3.47. The Labute approximate surface area is 129 Å². The van der Waals surface area contributed by atoms with Crippen molar-refractivity contribution in [3.63, 3.8) is 0 Å². The summed E-state index contributed by atoms with van der Waals surface area (Å²) < 4.78 is 26.9. The predicted molar refractivity (Wildman–Crippen MR) is 84.2 cm³/mol. The van der Waals surface area contributed by atoms with Gasteiger partial charge in [0.2, 0.25) is 15.9 Å². The Hall–Kier alpha value is -1.05. The Kier molecular flexibility index (Phi) is 3.54. The molecule has 1 saturated heterocycles. The molecule has 5 nitrogen and oxygen atoms in total. The molecular weight excluding hydrogens is 308 g/mol. The molecular formula is C14H18N2O3S2. The van der Waals surface area contributed by atoms with Crippen LogP contribution in [0.1, 0.15) is 19.4 Å². The van der Waals surface area contributed by atoms with Gasteiger partial charge >= 0.3 is 0 Å². The lowest BCUT2D eigenvalue weighted by Gasteiger charge is -2.26. The number of carbonyl (C=O) groups excluding carboxylic acids is 1. The van der Waals surface area contributed by atoms with E-state index in [2.05, 4.69) is 5.32 Å². The number of amides is 1. The van der Waals surface area contributed by atoms with Gasteiger partial charge in [0.1, 0.15) is 0 Å². The van der Waals surface area contributed by atoms with Crippen LogP contribution in [0.15, 0.2) is 23.1 Å². The summed E-state index contributed by atoms with van der Waals surface area (Å²) in [5.74, 6) is 1.56. The molecule has 21 heavy (non-hydrogen) atoms. The van der Waals surface area contributed by atoms with E-state index in [1.165, 1.54) is 4.31 Å². The van der Waals surface area contributed by atoms with Crippen molar-refractivity contribution in [2.45, 2.75) is 24.2 Å². The number of nitrogens with one attached hydrogen (secondary N) is 1. The van der Waals surface area contributed by atoms with Gasteiger partial charge in [-0.2, -0.15) is 16.1 Å². The van der Waals surface area contributed by atoms with Gasteiger partial charge in [-0.3, -0.25) is 4.79 Å². The monoisotopic (exact) mass is 326 g/mol. The van der Waals surface area contributed by atoms with Crippen LogP contribution in [0.4, 0.5) is 5.69 Å². The lowest BCUT2D eigenvalue weighted by Crippen LogP contribution is -2.38. The Morgan fingerprint density at radius 3 is 2.57 bits per heavy atom. The van der Waals surface area contributed by atoms with Crippen LogP contribution in [0.5, 0.6) is 0 Å². The van der Waals surface area contributed by atoms with Crippen molar-refractivity contribution >= 4 is 33.4 Å². The highest BCUT2D eigenvalue weighted by molar-refractivity contribution is 7.99. The van der Waals surface area contributed by atoms with Crippen LogP contribution in [-0.2, 0) is 20.2 Å². The first-order valence-corrected chi connectivity index (χ1v) is 9.47. The largest absolute Gasteiger partial charge is 0.325 e. The molecule has 1 aromatic carbocycles. The summed E-state index contributed by atoms with van der Waals surface area (Å²) in [7, 11) is -3.47. The highest BCUT2D eigenvalue weighted by atomic mass is 32.2. The lowest BCUT2D eigenvalue weighted by atomic mass is 9.86. The van der Waals surface area contributed by atoms with Gasteiger partial charge in [-0.05, 0) is 37.6 Å². The van der Waals surface area contributed by atoms with E-state index >= 15 is 0 Å². The van der Waals surface area contributed by atoms with E-state index in [4.69, 9.17) is 0 Å². The molecule has 0 bridgehead atoms. The number of fused-ring (bicyclic) bond motifs is 1. The Balaban J connectivity index is 2.02. The zero-order chi connectivity index (χ0) is 15.3. The van der Waals surface area contributed by atoms with Crippen molar-refractivity contribution in [2.75, 3.05) is 29.9 Å². The number of rotatable bonds is 2. The van der Waals surface area contributed by atoms with E-state index in [1.54, 1.807) is 30.0 Å². The molecule has 2 heterocycles. The molecule has 7 heteroatoms. The first-order valence-electron chi connectivity index (χ1n) is 6.87. The van der Waals surface area contributed by atoms with Crippen molar-refractivity contribution in [1.82, 2.24) is 4.31 Å². The molecule has 0 aromatic heterocycles. The number of hydrogen-bond acceptors (Lipinski definition) is 4. The summed E-state index contributed by atoms with van der Waals surface area (Å²) in [5.41, 5.74) is 0.761. The molecule has 0 aliphatic carbocycles. The fourth-order valence-electron chi connectivity index (χ4n) is 2.65. The zero-order valence-electron chi connectivity index (χ0n) is 12.0. The summed E-state index contributed by atoms with van der Waals surface area (Å²) in [6, 6.07) is 4.91. The molecule has 1 fully saturated rings. The summed E-state index contributed by atoms with van der Waals surface area (Å²) in [5, 5.41) is 2.80. The van der Waals surface area contributed by atoms with Gasteiger partial charge in [0.15, 0.2) is 0 Å². The van der Waals surface area contributed by atoms with E-state index in [0.29, 0.717) is 18.8 Å². The number of thioether (sulfide) groups is 1. The van der Waals surface area contributed by atoms with E-state index in [9.17, 15) is 13.2 Å². The molecule has 1 N–H and O–H groups in total. The molecule has 0 atom stereocenters. The number of benzene rings is 1. The van der Waals surface area contributed by atoms with Crippen molar-refractivity contribution < 1.29 is 13.2 Å². The third-order valence-corrected chi connectivity index (χ3v) is 6.93. The van der Waals surface area contributed by atoms with Gasteiger partial charge in [0.25, 0.3) is 0 Å². The highest BCUT2D eigenvalue weighted by Gasteiger charge is 2.39. The molecule has 0 unspecified atom stereocenters. The van der Waals surface area contributed by atoms with Gasteiger partial charge in [-0.15, -0.1) is 0 Å². The van der Waals surface area contributed by atoms with Gasteiger partial charge in [-0.25, -0.2) is 8.42 Å². The van der Waals surface area contributed by atoms with Gasteiger partial charge in [0, 0.05) is 30.3 Å². The van der Waals surface area contributed by atoms with Gasteiger partial charge in [0.05, 0.1) is 10.3 Å². The molecule has 0 saturated carbocycles. The summed E-state index contributed by atoms with van der Waals surface area (Å²) in [6.45, 7) is 4.71. The van der Waals surface area contributed by atoms with Crippen LogP contribution >= 0.6 is 11.8 Å². The molecule has 3 rings (SSSR count). The van der Waals surface area contributed by atoms with E-state index in [1.807, 2.05) is 13.8 Å². The van der Waals surface area contributed by atoms with Gasteiger partial charge in [-0.1, -0.05) is 0 Å². The van der Waals surface area contributed by atoms with E-state index in [-0.39, 0.29) is 10.8 Å². The fraction of sp³-hybridized carbons (Fsp3) is 0.500. The molecule has 2 aliphatic heterocycles.